The van der Waals surface area contributed by atoms with Gasteiger partial charge in [-0.15, -0.1) is 0 Å². The molecule has 0 saturated carbocycles. The molecule has 1 aromatic rings. The number of sulfone groups is 2. The van der Waals surface area contributed by atoms with Gasteiger partial charge in [0, 0.05) is 11.2 Å². The largest absolute Gasteiger partial charge is 0.478 e. The van der Waals surface area contributed by atoms with Crippen molar-refractivity contribution in [3.8, 4) is 0 Å². The Morgan fingerprint density at radius 1 is 1.30 bits per heavy atom. The summed E-state index contributed by atoms with van der Waals surface area (Å²) >= 11 is 0. The first-order chi connectivity index (χ1) is 9.16. The molecule has 6 nitrogen and oxygen atoms in total. The van der Waals surface area contributed by atoms with Crippen LogP contribution in [0.5, 0.6) is 0 Å². The van der Waals surface area contributed by atoms with Gasteiger partial charge >= 0.3 is 5.97 Å². The van der Waals surface area contributed by atoms with E-state index >= 15 is 0 Å². The lowest BCUT2D eigenvalue weighted by Gasteiger charge is -2.05. The van der Waals surface area contributed by atoms with Crippen molar-refractivity contribution in [2.45, 2.75) is 11.8 Å². The van der Waals surface area contributed by atoms with Crippen LogP contribution in [0.4, 0.5) is 0 Å². The highest BCUT2D eigenvalue weighted by Gasteiger charge is 2.30. The number of rotatable bonds is 4. The number of carboxylic acid groups (broad SMARTS) is 1. The summed E-state index contributed by atoms with van der Waals surface area (Å²) in [6, 6.07) is 3.64. The second-order valence-electron chi connectivity index (χ2n) is 4.38. The second-order valence-corrected chi connectivity index (χ2v) is 8.50. The Morgan fingerprint density at radius 3 is 2.50 bits per heavy atom. The van der Waals surface area contributed by atoms with Gasteiger partial charge in [0.25, 0.3) is 0 Å². The van der Waals surface area contributed by atoms with Gasteiger partial charge in [0.1, 0.15) is 0 Å². The summed E-state index contributed by atoms with van der Waals surface area (Å²) in [5.74, 6) is -1.70. The Hall–Kier alpha value is -1.67. The Kier molecular flexibility index (Phi) is 3.47. The van der Waals surface area contributed by atoms with Crippen LogP contribution in [0.2, 0.25) is 0 Å². The predicted octanol–water partition coefficient (Wildman–Crippen LogP) is 0.948. The molecule has 0 bridgehead atoms. The summed E-state index contributed by atoms with van der Waals surface area (Å²) < 4.78 is 47.1. The van der Waals surface area contributed by atoms with Crippen LogP contribution >= 0.6 is 0 Å². The molecule has 0 aromatic heterocycles. The van der Waals surface area contributed by atoms with Crippen LogP contribution in [0.25, 0.3) is 5.57 Å². The highest BCUT2D eigenvalue weighted by Crippen LogP contribution is 2.34. The molecule has 8 heteroatoms. The van der Waals surface area contributed by atoms with Gasteiger partial charge in [-0.25, -0.2) is 21.6 Å². The maximum Gasteiger partial charge on any atom is 0.335 e. The minimum Gasteiger partial charge on any atom is -0.478 e. The molecule has 1 heterocycles. The van der Waals surface area contributed by atoms with E-state index in [0.29, 0.717) is 0 Å². The standard InChI is InChI=1S/C12H12O6S2/c1-2-19(15,16)6-9-7-20(17,18)11-5-8(12(13)14)3-4-10(9)11/h3-5,7H,2,6H2,1H3,(H,13,14). The monoisotopic (exact) mass is 316 g/mol. The number of hydrogen-bond donors (Lipinski definition) is 1. The maximum atomic E-state index is 11.9. The third kappa shape index (κ3) is 2.61. The quantitative estimate of drug-likeness (QED) is 0.886. The number of aromatic carboxylic acids is 1. The third-order valence-electron chi connectivity index (χ3n) is 2.99. The molecule has 0 amide bonds. The fourth-order valence-corrected chi connectivity index (χ4v) is 4.45. The normalized spacial score (nSPS) is 16.6. The molecule has 0 fully saturated rings. The Balaban J connectivity index is 2.56. The summed E-state index contributed by atoms with van der Waals surface area (Å²) in [6.07, 6.45) is 0. The first-order valence-electron chi connectivity index (χ1n) is 5.70. The predicted molar refractivity (Wildman–Crippen MR) is 72.9 cm³/mol. The average molecular weight is 316 g/mol. The summed E-state index contributed by atoms with van der Waals surface area (Å²) in [6.45, 7) is 1.48. The molecule has 108 valence electrons. The van der Waals surface area contributed by atoms with E-state index in [1.807, 2.05) is 0 Å². The second kappa shape index (κ2) is 4.71. The highest BCUT2D eigenvalue weighted by atomic mass is 32.2. The zero-order valence-corrected chi connectivity index (χ0v) is 12.2. The number of carbonyl (C=O) groups is 1. The van der Waals surface area contributed by atoms with E-state index in [1.165, 1.54) is 19.1 Å². The molecule has 0 atom stereocenters. The van der Waals surface area contributed by atoms with Crippen molar-refractivity contribution in [3.05, 3.63) is 34.7 Å². The summed E-state index contributed by atoms with van der Waals surface area (Å²) in [5.41, 5.74) is 0.283. The van der Waals surface area contributed by atoms with Crippen molar-refractivity contribution in [1.82, 2.24) is 0 Å². The molecule has 1 aliphatic heterocycles. The van der Waals surface area contributed by atoms with Gasteiger partial charge in [0.2, 0.25) is 9.84 Å². The number of fused-ring (bicyclic) bond motifs is 1. The minimum absolute atomic E-state index is 0.0903. The summed E-state index contributed by atoms with van der Waals surface area (Å²) in [5, 5.41) is 9.77. The van der Waals surface area contributed by atoms with Gasteiger partial charge in [0.05, 0.1) is 16.2 Å². The van der Waals surface area contributed by atoms with Crippen molar-refractivity contribution in [2.75, 3.05) is 11.5 Å². The van der Waals surface area contributed by atoms with Gasteiger partial charge < -0.3 is 5.11 Å². The average Bonchev–Trinajstić information content (AvgIpc) is 2.60. The molecular weight excluding hydrogens is 304 g/mol. The Morgan fingerprint density at radius 2 is 1.95 bits per heavy atom. The summed E-state index contributed by atoms with van der Waals surface area (Å²) in [4.78, 5) is 10.7. The highest BCUT2D eigenvalue weighted by molar-refractivity contribution is 7.95. The van der Waals surface area contributed by atoms with Crippen LogP contribution in [0.1, 0.15) is 22.8 Å². The molecule has 2 rings (SSSR count). The van der Waals surface area contributed by atoms with Crippen molar-refractivity contribution >= 4 is 31.2 Å². The number of hydrogen-bond acceptors (Lipinski definition) is 5. The van der Waals surface area contributed by atoms with E-state index in [4.69, 9.17) is 5.11 Å². The molecule has 0 aliphatic carbocycles. The topological polar surface area (TPSA) is 106 Å². The van der Waals surface area contributed by atoms with Crippen molar-refractivity contribution < 1.29 is 26.7 Å². The number of benzene rings is 1. The molecule has 1 aliphatic rings. The van der Waals surface area contributed by atoms with E-state index in [1.54, 1.807) is 0 Å². The van der Waals surface area contributed by atoms with Crippen LogP contribution in [0, 0.1) is 0 Å². The third-order valence-corrected chi connectivity index (χ3v) is 6.17. The molecule has 0 spiro atoms. The van der Waals surface area contributed by atoms with Crippen LogP contribution < -0.4 is 0 Å². The van der Waals surface area contributed by atoms with Crippen LogP contribution in [0.3, 0.4) is 0 Å². The fraction of sp³-hybridized carbons (Fsp3) is 0.250. The van der Waals surface area contributed by atoms with Gasteiger partial charge in [-0.1, -0.05) is 13.0 Å². The van der Waals surface area contributed by atoms with Gasteiger partial charge in [-0.2, -0.15) is 0 Å². The zero-order chi connectivity index (χ0) is 15.1. The molecule has 0 unspecified atom stereocenters. The minimum atomic E-state index is -3.78. The van der Waals surface area contributed by atoms with E-state index in [2.05, 4.69) is 0 Å². The van der Waals surface area contributed by atoms with E-state index < -0.39 is 25.6 Å². The smallest absolute Gasteiger partial charge is 0.335 e. The lowest BCUT2D eigenvalue weighted by atomic mass is 10.1. The summed E-state index contributed by atoms with van der Waals surface area (Å²) in [7, 11) is -7.15. The molecular formula is C12H12O6S2. The van der Waals surface area contributed by atoms with E-state index in [0.717, 1.165) is 11.5 Å². The van der Waals surface area contributed by atoms with Crippen molar-refractivity contribution in [2.24, 2.45) is 0 Å². The molecule has 0 radical (unpaired) electrons. The molecule has 1 aromatic carbocycles. The number of carboxylic acids is 1. The van der Waals surface area contributed by atoms with Gasteiger partial charge in [-0.3, -0.25) is 0 Å². The van der Waals surface area contributed by atoms with Crippen LogP contribution in [-0.4, -0.2) is 39.4 Å². The van der Waals surface area contributed by atoms with Crippen molar-refractivity contribution in [1.29, 1.82) is 0 Å². The SMILES string of the molecule is CCS(=O)(=O)CC1=CS(=O)(=O)c2cc(C(=O)O)ccc21. The van der Waals surface area contributed by atoms with Crippen LogP contribution in [0.15, 0.2) is 28.5 Å². The van der Waals surface area contributed by atoms with E-state index in [9.17, 15) is 21.6 Å². The van der Waals surface area contributed by atoms with Crippen molar-refractivity contribution in [3.63, 3.8) is 0 Å². The first-order valence-corrected chi connectivity index (χ1v) is 9.07. The van der Waals surface area contributed by atoms with Gasteiger partial charge in [-0.05, 0) is 23.3 Å². The zero-order valence-electron chi connectivity index (χ0n) is 10.5. The first kappa shape index (κ1) is 14.7. The molecule has 1 N–H and O–H groups in total. The molecule has 20 heavy (non-hydrogen) atoms. The Bertz CT molecular complexity index is 816. The fourth-order valence-electron chi connectivity index (χ4n) is 1.92. The maximum absolute atomic E-state index is 11.9. The van der Waals surface area contributed by atoms with Crippen LogP contribution in [-0.2, 0) is 19.7 Å². The lowest BCUT2D eigenvalue weighted by molar-refractivity contribution is 0.0696. The Labute approximate surface area is 116 Å². The molecule has 0 saturated heterocycles. The lowest BCUT2D eigenvalue weighted by Crippen LogP contribution is -2.09. The van der Waals surface area contributed by atoms with E-state index in [-0.39, 0.29) is 33.1 Å². The van der Waals surface area contributed by atoms with Gasteiger partial charge in [0.15, 0.2) is 9.84 Å².